The highest BCUT2D eigenvalue weighted by molar-refractivity contribution is 8.05. The summed E-state index contributed by atoms with van der Waals surface area (Å²) < 4.78 is 0. The van der Waals surface area contributed by atoms with Crippen LogP contribution in [0.1, 0.15) is 22.3 Å². The van der Waals surface area contributed by atoms with Crippen molar-refractivity contribution in [3.63, 3.8) is 0 Å². The maximum absolute atomic E-state index is 2.30. The van der Waals surface area contributed by atoms with E-state index in [-0.39, 0.29) is 0 Å². The van der Waals surface area contributed by atoms with E-state index >= 15 is 0 Å². The van der Waals surface area contributed by atoms with E-state index in [1.54, 1.807) is 0 Å². The molecule has 8 aromatic carbocycles. The van der Waals surface area contributed by atoms with E-state index in [4.69, 9.17) is 0 Å². The number of rotatable bonds is 7. The Morgan fingerprint density at radius 3 is 1.04 bits per heavy atom. The first kappa shape index (κ1) is 35.1. The third kappa shape index (κ3) is 7.34. The number of hydrogen-bond donors (Lipinski definition) is 0. The van der Waals surface area contributed by atoms with E-state index in [9.17, 15) is 0 Å². The SMILES string of the molecule is C(=C\c1cccc(-c2cccc3c2Sc2ccccc2S3)c1)/c1ccc(-c2ccc(/C=C/c3cccc(-c4cccc5c4Sc4ccccc4S5)c3)cc2)cc1. The smallest absolute Gasteiger partial charge is 0.0340 e. The summed E-state index contributed by atoms with van der Waals surface area (Å²) in [6, 6.07) is 66.1. The minimum atomic E-state index is 1.18. The Labute approximate surface area is 345 Å². The van der Waals surface area contributed by atoms with Crippen LogP contribution in [-0.2, 0) is 0 Å². The molecule has 2 heterocycles. The van der Waals surface area contributed by atoms with Gasteiger partial charge in [-0.25, -0.2) is 0 Å². The van der Waals surface area contributed by atoms with Crippen LogP contribution in [0.5, 0.6) is 0 Å². The van der Waals surface area contributed by atoms with Gasteiger partial charge in [-0.2, -0.15) is 0 Å². The molecular weight excluding hydrogens is 753 g/mol. The van der Waals surface area contributed by atoms with Gasteiger partial charge in [-0.3, -0.25) is 0 Å². The Bertz CT molecular complexity index is 2600. The molecule has 2 aliphatic rings. The Morgan fingerprint density at radius 2 is 0.607 bits per heavy atom. The van der Waals surface area contributed by atoms with Crippen LogP contribution in [0.4, 0.5) is 0 Å². The lowest BCUT2D eigenvalue weighted by Crippen LogP contribution is -1.92. The van der Waals surface area contributed by atoms with E-state index in [0.29, 0.717) is 0 Å². The normalized spacial score (nSPS) is 12.9. The molecule has 266 valence electrons. The van der Waals surface area contributed by atoms with Gasteiger partial charge in [0.05, 0.1) is 0 Å². The average Bonchev–Trinajstić information content (AvgIpc) is 3.26. The van der Waals surface area contributed by atoms with Gasteiger partial charge in [0.2, 0.25) is 0 Å². The molecule has 0 N–H and O–H groups in total. The van der Waals surface area contributed by atoms with Crippen LogP contribution in [0.3, 0.4) is 0 Å². The van der Waals surface area contributed by atoms with E-state index in [2.05, 4.69) is 206 Å². The maximum Gasteiger partial charge on any atom is 0.0340 e. The van der Waals surface area contributed by atoms with Gasteiger partial charge in [-0.05, 0) is 104 Å². The molecule has 56 heavy (non-hydrogen) atoms. The summed E-state index contributed by atoms with van der Waals surface area (Å²) in [6.45, 7) is 0. The summed E-state index contributed by atoms with van der Waals surface area (Å²) in [5.41, 5.74) is 12.2. The predicted molar refractivity (Wildman–Crippen MR) is 243 cm³/mol. The van der Waals surface area contributed by atoms with Gasteiger partial charge >= 0.3 is 0 Å². The third-order valence-corrected chi connectivity index (χ3v) is 15.2. The highest BCUT2D eigenvalue weighted by atomic mass is 32.2. The van der Waals surface area contributed by atoms with Crippen LogP contribution < -0.4 is 0 Å². The fourth-order valence-electron chi connectivity index (χ4n) is 7.13. The predicted octanol–water partition coefficient (Wildman–Crippen LogP) is 16.3. The Morgan fingerprint density at radius 1 is 0.250 bits per heavy atom. The van der Waals surface area contributed by atoms with Crippen molar-refractivity contribution in [3.05, 3.63) is 204 Å². The molecule has 0 aromatic heterocycles. The lowest BCUT2D eigenvalue weighted by atomic mass is 10.0. The molecule has 0 unspecified atom stereocenters. The van der Waals surface area contributed by atoms with Crippen LogP contribution in [-0.4, -0.2) is 0 Å². The zero-order valence-electron chi connectivity index (χ0n) is 30.3. The van der Waals surface area contributed by atoms with Crippen LogP contribution in [0.25, 0.3) is 57.7 Å². The van der Waals surface area contributed by atoms with Gasteiger partial charge in [0, 0.05) is 39.2 Å². The molecule has 0 saturated carbocycles. The minimum Gasteiger partial charge on any atom is -0.0877 e. The molecule has 0 amide bonds. The van der Waals surface area contributed by atoms with Gasteiger partial charge < -0.3 is 0 Å². The molecule has 0 radical (unpaired) electrons. The molecule has 0 bridgehead atoms. The zero-order valence-corrected chi connectivity index (χ0v) is 33.5. The van der Waals surface area contributed by atoms with Gasteiger partial charge in [0.1, 0.15) is 0 Å². The molecule has 2 aliphatic heterocycles. The van der Waals surface area contributed by atoms with Gasteiger partial charge in [0.15, 0.2) is 0 Å². The largest absolute Gasteiger partial charge is 0.0877 e. The van der Waals surface area contributed by atoms with E-state index in [0.717, 1.165) is 0 Å². The van der Waals surface area contributed by atoms with Gasteiger partial charge in [-0.15, -0.1) is 0 Å². The number of fused-ring (bicyclic) bond motifs is 4. The standard InChI is InChI=1S/C52H34S4/c1-3-17-47-45(15-1)53-49-19-7-13-43(51(49)55-47)41-11-5-9-37(33-41)23-21-35-25-29-39(30-26-35)40-31-27-36(28-32-40)22-24-38-10-6-12-42(34-38)44-14-8-20-50-52(44)56-48-18-4-2-16-46(48)54-50/h1-34H/b23-21+,24-22+. The Kier molecular flexibility index (Phi) is 9.80. The topological polar surface area (TPSA) is 0 Å². The summed E-state index contributed by atoms with van der Waals surface area (Å²) >= 11 is 7.49. The van der Waals surface area contributed by atoms with Crippen LogP contribution in [0.2, 0.25) is 0 Å². The Balaban J connectivity index is 0.807. The molecule has 0 nitrogen and oxygen atoms in total. The molecule has 10 rings (SSSR count). The summed E-state index contributed by atoms with van der Waals surface area (Å²) in [4.78, 5) is 10.7. The first-order chi connectivity index (χ1) is 27.7. The summed E-state index contributed by atoms with van der Waals surface area (Å²) in [5, 5.41) is 0. The maximum atomic E-state index is 2.30. The van der Waals surface area contributed by atoms with Crippen molar-refractivity contribution >= 4 is 71.4 Å². The molecule has 0 spiro atoms. The monoisotopic (exact) mass is 786 g/mol. The quantitative estimate of drug-likeness (QED) is 0.148. The fourth-order valence-corrected chi connectivity index (χ4v) is 11.9. The lowest BCUT2D eigenvalue weighted by Gasteiger charge is -2.21. The first-order valence-electron chi connectivity index (χ1n) is 18.6. The third-order valence-electron chi connectivity index (χ3n) is 10.0. The molecule has 4 heteroatoms. The minimum absolute atomic E-state index is 1.18. The fraction of sp³-hybridized carbons (Fsp3) is 0. The van der Waals surface area contributed by atoms with Crippen molar-refractivity contribution in [1.29, 1.82) is 0 Å². The second-order valence-electron chi connectivity index (χ2n) is 13.7. The molecule has 8 aromatic rings. The zero-order chi connectivity index (χ0) is 37.3. The van der Waals surface area contributed by atoms with Gasteiger partial charge in [0.25, 0.3) is 0 Å². The average molecular weight is 787 g/mol. The molecule has 0 fully saturated rings. The van der Waals surface area contributed by atoms with Crippen LogP contribution in [0.15, 0.2) is 221 Å². The van der Waals surface area contributed by atoms with E-state index in [1.165, 1.54) is 94.8 Å². The van der Waals surface area contributed by atoms with Crippen molar-refractivity contribution in [2.45, 2.75) is 39.2 Å². The second kappa shape index (κ2) is 15.6. The van der Waals surface area contributed by atoms with Crippen LogP contribution in [0, 0.1) is 0 Å². The number of hydrogen-bond acceptors (Lipinski definition) is 4. The molecule has 0 saturated heterocycles. The van der Waals surface area contributed by atoms with E-state index in [1.807, 2.05) is 47.0 Å². The number of benzene rings is 8. The molecule has 0 atom stereocenters. The van der Waals surface area contributed by atoms with Crippen molar-refractivity contribution in [2.75, 3.05) is 0 Å². The van der Waals surface area contributed by atoms with Gasteiger partial charge in [-0.1, -0.05) is 205 Å². The highest BCUT2D eigenvalue weighted by Crippen LogP contribution is 2.53. The van der Waals surface area contributed by atoms with Crippen LogP contribution >= 0.6 is 47.0 Å². The second-order valence-corrected chi connectivity index (χ2v) is 18.0. The summed E-state index contributed by atoms with van der Waals surface area (Å²) in [5.74, 6) is 0. The molecule has 0 aliphatic carbocycles. The van der Waals surface area contributed by atoms with Crippen molar-refractivity contribution in [1.82, 2.24) is 0 Å². The summed E-state index contributed by atoms with van der Waals surface area (Å²) in [6.07, 6.45) is 8.84. The van der Waals surface area contributed by atoms with Crippen molar-refractivity contribution in [2.24, 2.45) is 0 Å². The lowest BCUT2D eigenvalue weighted by molar-refractivity contribution is 1.16. The summed E-state index contributed by atoms with van der Waals surface area (Å²) in [7, 11) is 0. The van der Waals surface area contributed by atoms with Crippen molar-refractivity contribution in [3.8, 4) is 33.4 Å². The Hall–Kier alpha value is -5.36. The van der Waals surface area contributed by atoms with E-state index < -0.39 is 0 Å². The van der Waals surface area contributed by atoms with Crippen molar-refractivity contribution < 1.29 is 0 Å². The molecular formula is C52H34S4. The first-order valence-corrected chi connectivity index (χ1v) is 21.9. The highest BCUT2D eigenvalue weighted by Gasteiger charge is 2.21.